The van der Waals surface area contributed by atoms with Crippen LogP contribution in [0.25, 0.3) is 17.1 Å². The Hall–Kier alpha value is -1.82. The maximum absolute atomic E-state index is 6.30. The molecule has 0 aliphatic carbocycles. The van der Waals surface area contributed by atoms with E-state index in [1.165, 1.54) is 0 Å². The molecule has 3 aromatic rings. The molecule has 0 saturated heterocycles. The average molecular weight is 352 g/mol. The Balaban J connectivity index is 2.19. The summed E-state index contributed by atoms with van der Waals surface area (Å²) in [6.45, 7) is 0. The van der Waals surface area contributed by atoms with Gasteiger partial charge in [-0.25, -0.2) is 0 Å². The lowest BCUT2D eigenvalue weighted by atomic mass is 10.2. The SMILES string of the molecule is COc1ccc(-c2n[nH]c(=S)n2-c2cccc(Cl)c2Cl)cc1. The number of methoxy groups -OCH3 is 1. The van der Waals surface area contributed by atoms with Gasteiger partial charge in [0.1, 0.15) is 5.75 Å². The number of ether oxygens (including phenoxy) is 1. The minimum absolute atomic E-state index is 0.427. The van der Waals surface area contributed by atoms with Gasteiger partial charge in [0.15, 0.2) is 10.6 Å². The third kappa shape index (κ3) is 2.63. The van der Waals surface area contributed by atoms with Crippen LogP contribution in [0, 0.1) is 4.77 Å². The quantitative estimate of drug-likeness (QED) is 0.681. The predicted molar refractivity (Wildman–Crippen MR) is 90.8 cm³/mol. The van der Waals surface area contributed by atoms with Crippen LogP contribution in [0.2, 0.25) is 10.0 Å². The Bertz CT molecular complexity index is 871. The van der Waals surface area contributed by atoms with Crippen LogP contribution in [0.5, 0.6) is 5.75 Å². The van der Waals surface area contributed by atoms with Gasteiger partial charge in [-0.3, -0.25) is 9.67 Å². The second kappa shape index (κ2) is 6.12. The molecule has 0 aliphatic heterocycles. The normalized spacial score (nSPS) is 10.7. The summed E-state index contributed by atoms with van der Waals surface area (Å²) in [4.78, 5) is 0. The molecule has 4 nitrogen and oxygen atoms in total. The fourth-order valence-electron chi connectivity index (χ4n) is 2.12. The smallest absolute Gasteiger partial charge is 0.200 e. The third-order valence-corrected chi connectivity index (χ3v) is 4.28. The van der Waals surface area contributed by atoms with Crippen molar-refractivity contribution in [2.24, 2.45) is 0 Å². The molecule has 0 radical (unpaired) electrons. The molecular formula is C15H11Cl2N3OS. The molecule has 0 saturated carbocycles. The number of H-pyrrole nitrogens is 1. The van der Waals surface area contributed by atoms with E-state index < -0.39 is 0 Å². The van der Waals surface area contributed by atoms with Gasteiger partial charge >= 0.3 is 0 Å². The second-order valence-electron chi connectivity index (χ2n) is 4.49. The molecule has 3 rings (SSSR count). The van der Waals surface area contributed by atoms with Crippen molar-refractivity contribution in [3.8, 4) is 22.8 Å². The van der Waals surface area contributed by atoms with E-state index in [0.717, 1.165) is 11.3 Å². The molecule has 7 heteroatoms. The van der Waals surface area contributed by atoms with Crippen LogP contribution >= 0.6 is 35.4 Å². The number of rotatable bonds is 3. The van der Waals surface area contributed by atoms with E-state index in [9.17, 15) is 0 Å². The highest BCUT2D eigenvalue weighted by molar-refractivity contribution is 7.71. The summed E-state index contributed by atoms with van der Waals surface area (Å²) in [5, 5.41) is 7.97. The number of halogens is 2. The molecule has 0 bridgehead atoms. The van der Waals surface area contributed by atoms with Gasteiger partial charge in [-0.15, -0.1) is 0 Å². The van der Waals surface area contributed by atoms with Crippen molar-refractivity contribution in [3.05, 3.63) is 57.3 Å². The first-order valence-corrected chi connectivity index (χ1v) is 7.54. The molecule has 0 unspecified atom stereocenters. The van der Waals surface area contributed by atoms with Gasteiger partial charge in [0.05, 0.1) is 22.8 Å². The number of nitrogens with one attached hydrogen (secondary N) is 1. The molecule has 0 spiro atoms. The second-order valence-corrected chi connectivity index (χ2v) is 5.66. The summed E-state index contributed by atoms with van der Waals surface area (Å²) in [5.41, 5.74) is 1.56. The third-order valence-electron chi connectivity index (χ3n) is 3.19. The first-order valence-electron chi connectivity index (χ1n) is 6.38. The minimum Gasteiger partial charge on any atom is -0.497 e. The molecule has 2 aromatic carbocycles. The maximum atomic E-state index is 6.30. The van der Waals surface area contributed by atoms with Gasteiger partial charge < -0.3 is 4.74 Å². The Morgan fingerprint density at radius 2 is 1.86 bits per heavy atom. The minimum atomic E-state index is 0.427. The molecule has 22 heavy (non-hydrogen) atoms. The van der Waals surface area contributed by atoms with Crippen molar-refractivity contribution >= 4 is 35.4 Å². The van der Waals surface area contributed by atoms with Crippen LogP contribution in [0.3, 0.4) is 0 Å². The number of nitrogens with zero attached hydrogens (tertiary/aromatic N) is 2. The van der Waals surface area contributed by atoms with Crippen molar-refractivity contribution in [3.63, 3.8) is 0 Å². The number of aromatic amines is 1. The van der Waals surface area contributed by atoms with E-state index in [1.807, 2.05) is 36.4 Å². The number of benzene rings is 2. The van der Waals surface area contributed by atoms with Crippen molar-refractivity contribution in [2.45, 2.75) is 0 Å². The van der Waals surface area contributed by atoms with Crippen LogP contribution in [0.4, 0.5) is 0 Å². The van der Waals surface area contributed by atoms with Crippen molar-refractivity contribution in [1.82, 2.24) is 14.8 Å². The zero-order chi connectivity index (χ0) is 15.7. The first kappa shape index (κ1) is 15.1. The van der Waals surface area contributed by atoms with E-state index in [1.54, 1.807) is 17.7 Å². The van der Waals surface area contributed by atoms with E-state index in [-0.39, 0.29) is 0 Å². The highest BCUT2D eigenvalue weighted by Gasteiger charge is 2.14. The molecule has 0 fully saturated rings. The summed E-state index contributed by atoms with van der Waals surface area (Å²) in [6, 6.07) is 12.9. The van der Waals surface area contributed by atoms with E-state index in [0.29, 0.717) is 26.3 Å². The summed E-state index contributed by atoms with van der Waals surface area (Å²) in [6.07, 6.45) is 0. The van der Waals surface area contributed by atoms with Gasteiger partial charge in [0, 0.05) is 5.56 Å². The Morgan fingerprint density at radius 1 is 1.14 bits per heavy atom. The lowest BCUT2D eigenvalue weighted by Crippen LogP contribution is -1.99. The molecule has 112 valence electrons. The number of hydrogen-bond acceptors (Lipinski definition) is 3. The Kier molecular flexibility index (Phi) is 4.20. The molecular weight excluding hydrogens is 341 g/mol. The average Bonchev–Trinajstić information content (AvgIpc) is 2.92. The number of hydrogen-bond donors (Lipinski definition) is 1. The van der Waals surface area contributed by atoms with E-state index >= 15 is 0 Å². The molecule has 0 atom stereocenters. The van der Waals surface area contributed by atoms with Crippen molar-refractivity contribution in [2.75, 3.05) is 7.11 Å². The highest BCUT2D eigenvalue weighted by Crippen LogP contribution is 2.31. The van der Waals surface area contributed by atoms with Gasteiger partial charge in [-0.1, -0.05) is 29.3 Å². The topological polar surface area (TPSA) is 42.8 Å². The van der Waals surface area contributed by atoms with Gasteiger partial charge in [-0.05, 0) is 48.6 Å². The molecule has 1 N–H and O–H groups in total. The zero-order valence-corrected chi connectivity index (χ0v) is 13.8. The maximum Gasteiger partial charge on any atom is 0.200 e. The summed E-state index contributed by atoms with van der Waals surface area (Å²) < 4.78 is 7.36. The van der Waals surface area contributed by atoms with Crippen LogP contribution in [-0.4, -0.2) is 21.9 Å². The standard InChI is InChI=1S/C15H11Cl2N3OS/c1-21-10-7-5-9(6-8-10)14-18-19-15(22)20(14)12-4-2-3-11(16)13(12)17/h2-8H,1H3,(H,19,22). The van der Waals surface area contributed by atoms with Crippen LogP contribution < -0.4 is 4.74 Å². The van der Waals surface area contributed by atoms with E-state index in [2.05, 4.69) is 10.2 Å². The largest absolute Gasteiger partial charge is 0.497 e. The summed E-state index contributed by atoms with van der Waals surface area (Å²) in [5.74, 6) is 1.42. The molecule has 1 aromatic heterocycles. The molecule has 0 amide bonds. The van der Waals surface area contributed by atoms with Gasteiger partial charge in [0.2, 0.25) is 0 Å². The fourth-order valence-corrected chi connectivity index (χ4v) is 2.73. The predicted octanol–water partition coefficient (Wildman–Crippen LogP) is 4.91. The first-order chi connectivity index (χ1) is 10.6. The lowest BCUT2D eigenvalue weighted by Gasteiger charge is -2.10. The summed E-state index contributed by atoms with van der Waals surface area (Å²) >= 11 is 17.7. The van der Waals surface area contributed by atoms with Crippen LogP contribution in [-0.2, 0) is 0 Å². The monoisotopic (exact) mass is 351 g/mol. The summed E-state index contributed by atoms with van der Waals surface area (Å²) in [7, 11) is 1.62. The Morgan fingerprint density at radius 3 is 2.55 bits per heavy atom. The van der Waals surface area contributed by atoms with Crippen LogP contribution in [0.15, 0.2) is 42.5 Å². The van der Waals surface area contributed by atoms with Gasteiger partial charge in [0.25, 0.3) is 0 Å². The number of aromatic nitrogens is 3. The van der Waals surface area contributed by atoms with Crippen LogP contribution in [0.1, 0.15) is 0 Å². The van der Waals surface area contributed by atoms with Crippen molar-refractivity contribution < 1.29 is 4.74 Å². The van der Waals surface area contributed by atoms with Gasteiger partial charge in [-0.2, -0.15) is 5.10 Å². The highest BCUT2D eigenvalue weighted by atomic mass is 35.5. The Labute approximate surface area is 142 Å². The fraction of sp³-hybridized carbons (Fsp3) is 0.0667. The molecule has 0 aliphatic rings. The zero-order valence-electron chi connectivity index (χ0n) is 11.5. The van der Waals surface area contributed by atoms with E-state index in [4.69, 9.17) is 40.2 Å². The lowest BCUT2D eigenvalue weighted by molar-refractivity contribution is 0.415. The van der Waals surface area contributed by atoms with Crippen molar-refractivity contribution in [1.29, 1.82) is 0 Å². The molecule has 1 heterocycles.